The molecule has 0 amide bonds. The lowest BCUT2D eigenvalue weighted by Gasteiger charge is -2.08. The number of hydrogen-bond acceptors (Lipinski definition) is 4. The van der Waals surface area contributed by atoms with Crippen LogP contribution in [0.5, 0.6) is 5.75 Å². The molecule has 0 spiro atoms. The summed E-state index contributed by atoms with van der Waals surface area (Å²) in [5, 5.41) is 3.87. The summed E-state index contributed by atoms with van der Waals surface area (Å²) < 4.78 is 53.3. The standard InChI is InChI=1S/C21H18F2N2O3S/c22-21(23)28-19-12-10-17(11-13-19)20-9-5-4-8-18(20)14-24-25-29(26,27)15-16-6-2-1-3-7-16/h1-14,21,25H,15H2. The number of hydrogen-bond donors (Lipinski definition) is 1. The van der Waals surface area contributed by atoms with E-state index in [9.17, 15) is 17.2 Å². The molecule has 0 aliphatic carbocycles. The zero-order valence-electron chi connectivity index (χ0n) is 15.2. The molecule has 8 heteroatoms. The van der Waals surface area contributed by atoms with Crippen molar-refractivity contribution in [3.05, 3.63) is 90.0 Å². The predicted molar refractivity (Wildman–Crippen MR) is 108 cm³/mol. The molecule has 0 saturated heterocycles. The van der Waals surface area contributed by atoms with Crippen molar-refractivity contribution in [2.24, 2.45) is 5.10 Å². The van der Waals surface area contributed by atoms with Crippen LogP contribution >= 0.6 is 0 Å². The molecule has 5 nitrogen and oxygen atoms in total. The summed E-state index contributed by atoms with van der Waals surface area (Å²) in [4.78, 5) is 2.20. The second-order valence-electron chi connectivity index (χ2n) is 6.08. The summed E-state index contributed by atoms with van der Waals surface area (Å²) in [6.07, 6.45) is 1.40. The molecule has 150 valence electrons. The molecular formula is C21H18F2N2O3S. The van der Waals surface area contributed by atoms with Gasteiger partial charge in [-0.3, -0.25) is 0 Å². The maximum absolute atomic E-state index is 12.3. The molecule has 0 atom stereocenters. The number of rotatable bonds is 8. The van der Waals surface area contributed by atoms with Crippen molar-refractivity contribution in [2.45, 2.75) is 12.4 Å². The van der Waals surface area contributed by atoms with Crippen LogP contribution in [0, 0.1) is 0 Å². The lowest BCUT2D eigenvalue weighted by Crippen LogP contribution is -2.20. The number of ether oxygens (including phenoxy) is 1. The first-order valence-electron chi connectivity index (χ1n) is 8.64. The molecule has 0 unspecified atom stereocenters. The van der Waals surface area contributed by atoms with E-state index in [1.54, 1.807) is 48.5 Å². The molecule has 0 aliphatic heterocycles. The Balaban J connectivity index is 1.73. The third kappa shape index (κ3) is 6.11. The summed E-state index contributed by atoms with van der Waals surface area (Å²) >= 11 is 0. The molecule has 0 fully saturated rings. The van der Waals surface area contributed by atoms with Crippen molar-refractivity contribution in [3.63, 3.8) is 0 Å². The summed E-state index contributed by atoms with van der Waals surface area (Å²) in [7, 11) is -3.63. The van der Waals surface area contributed by atoms with Gasteiger partial charge < -0.3 is 4.74 Å². The summed E-state index contributed by atoms with van der Waals surface area (Å²) in [5.74, 6) is -0.123. The van der Waals surface area contributed by atoms with Crippen molar-refractivity contribution in [2.75, 3.05) is 0 Å². The van der Waals surface area contributed by atoms with E-state index in [2.05, 4.69) is 14.7 Å². The number of nitrogens with one attached hydrogen (secondary N) is 1. The van der Waals surface area contributed by atoms with Gasteiger partial charge in [0.25, 0.3) is 10.0 Å². The summed E-state index contributed by atoms with van der Waals surface area (Å²) in [5.41, 5.74) is 2.84. The van der Waals surface area contributed by atoms with Gasteiger partial charge in [0.15, 0.2) is 0 Å². The maximum atomic E-state index is 12.3. The molecule has 0 bridgehead atoms. The first-order chi connectivity index (χ1) is 13.9. The fraction of sp³-hybridized carbons (Fsp3) is 0.0952. The Hall–Kier alpha value is -3.26. The summed E-state index contributed by atoms with van der Waals surface area (Å²) in [6.45, 7) is -2.89. The predicted octanol–water partition coefficient (Wildman–Crippen LogP) is 4.41. The lowest BCUT2D eigenvalue weighted by atomic mass is 10.0. The van der Waals surface area contributed by atoms with Crippen LogP contribution in [0.25, 0.3) is 11.1 Å². The number of benzene rings is 3. The Bertz CT molecular complexity index is 1070. The van der Waals surface area contributed by atoms with E-state index in [0.717, 1.165) is 11.1 Å². The van der Waals surface area contributed by atoms with E-state index in [0.29, 0.717) is 11.1 Å². The van der Waals surface area contributed by atoms with Crippen molar-refractivity contribution in [1.29, 1.82) is 0 Å². The third-order valence-electron chi connectivity index (χ3n) is 3.95. The fourth-order valence-corrected chi connectivity index (χ4v) is 3.60. The minimum atomic E-state index is -3.63. The normalized spacial score (nSPS) is 11.7. The van der Waals surface area contributed by atoms with Crippen LogP contribution in [0.2, 0.25) is 0 Å². The van der Waals surface area contributed by atoms with Crippen LogP contribution < -0.4 is 9.57 Å². The van der Waals surface area contributed by atoms with Crippen molar-refractivity contribution < 1.29 is 21.9 Å². The molecule has 29 heavy (non-hydrogen) atoms. The van der Waals surface area contributed by atoms with Crippen molar-refractivity contribution in [3.8, 4) is 16.9 Å². The van der Waals surface area contributed by atoms with Gasteiger partial charge in [-0.25, -0.2) is 13.2 Å². The largest absolute Gasteiger partial charge is 0.435 e. The van der Waals surface area contributed by atoms with Crippen molar-refractivity contribution >= 4 is 16.2 Å². The lowest BCUT2D eigenvalue weighted by molar-refractivity contribution is -0.0498. The van der Waals surface area contributed by atoms with Crippen LogP contribution in [0.15, 0.2) is 84.0 Å². The van der Waals surface area contributed by atoms with E-state index >= 15 is 0 Å². The zero-order valence-corrected chi connectivity index (χ0v) is 16.0. The molecule has 0 aliphatic rings. The number of sulfonamides is 1. The number of halogens is 2. The topological polar surface area (TPSA) is 67.8 Å². The van der Waals surface area contributed by atoms with Gasteiger partial charge in [-0.2, -0.15) is 13.9 Å². The highest BCUT2D eigenvalue weighted by atomic mass is 32.2. The molecule has 1 N–H and O–H groups in total. The van der Waals surface area contributed by atoms with Gasteiger partial charge in [-0.15, -0.1) is 0 Å². The van der Waals surface area contributed by atoms with E-state index in [1.807, 2.05) is 18.2 Å². The van der Waals surface area contributed by atoms with Gasteiger partial charge in [0.2, 0.25) is 0 Å². The van der Waals surface area contributed by atoms with Gasteiger partial charge in [0.1, 0.15) is 5.75 Å². The average molecular weight is 416 g/mol. The smallest absolute Gasteiger partial charge is 0.387 e. The Morgan fingerprint density at radius 3 is 2.28 bits per heavy atom. The van der Waals surface area contributed by atoms with Gasteiger partial charge in [-0.1, -0.05) is 66.7 Å². The average Bonchev–Trinajstić information content (AvgIpc) is 2.69. The molecule has 3 rings (SSSR count). The second-order valence-corrected chi connectivity index (χ2v) is 7.79. The molecule has 3 aromatic rings. The van der Waals surface area contributed by atoms with E-state index in [-0.39, 0.29) is 11.5 Å². The van der Waals surface area contributed by atoms with Gasteiger partial charge in [-0.05, 0) is 28.8 Å². The van der Waals surface area contributed by atoms with Gasteiger partial charge in [0, 0.05) is 5.56 Å². The van der Waals surface area contributed by atoms with Crippen molar-refractivity contribution in [1.82, 2.24) is 4.83 Å². The first kappa shape index (κ1) is 20.5. The highest BCUT2D eigenvalue weighted by Crippen LogP contribution is 2.25. The second kappa shape index (κ2) is 9.29. The maximum Gasteiger partial charge on any atom is 0.387 e. The SMILES string of the molecule is O=S(=O)(Cc1ccccc1)NN=Cc1ccccc1-c1ccc(OC(F)F)cc1. The minimum Gasteiger partial charge on any atom is -0.435 e. The third-order valence-corrected chi connectivity index (χ3v) is 5.04. The quantitative estimate of drug-likeness (QED) is 0.437. The van der Waals surface area contributed by atoms with E-state index < -0.39 is 16.6 Å². The van der Waals surface area contributed by atoms with Gasteiger partial charge in [0.05, 0.1) is 12.0 Å². The minimum absolute atomic E-state index is 0.0589. The monoisotopic (exact) mass is 416 g/mol. The van der Waals surface area contributed by atoms with Crippen LogP contribution in [-0.2, 0) is 15.8 Å². The Kier molecular flexibility index (Phi) is 6.56. The van der Waals surface area contributed by atoms with E-state index in [4.69, 9.17) is 0 Å². The number of alkyl halides is 2. The van der Waals surface area contributed by atoms with Gasteiger partial charge >= 0.3 is 6.61 Å². The van der Waals surface area contributed by atoms with Crippen LogP contribution in [-0.4, -0.2) is 21.2 Å². The van der Waals surface area contributed by atoms with E-state index in [1.165, 1.54) is 18.3 Å². The molecule has 3 aromatic carbocycles. The Labute approximate surface area is 167 Å². The number of hydrazone groups is 1. The first-order valence-corrected chi connectivity index (χ1v) is 10.3. The molecule has 0 radical (unpaired) electrons. The highest BCUT2D eigenvalue weighted by Gasteiger charge is 2.10. The van der Waals surface area contributed by atoms with Crippen LogP contribution in [0.4, 0.5) is 8.78 Å². The molecule has 0 aromatic heterocycles. The molecule has 0 heterocycles. The Morgan fingerprint density at radius 2 is 1.59 bits per heavy atom. The fourth-order valence-electron chi connectivity index (χ4n) is 2.69. The van der Waals surface area contributed by atoms with Crippen LogP contribution in [0.3, 0.4) is 0 Å². The zero-order chi connectivity index (χ0) is 20.7. The van der Waals surface area contributed by atoms with Crippen LogP contribution in [0.1, 0.15) is 11.1 Å². The Morgan fingerprint density at radius 1 is 0.931 bits per heavy atom. The molecular weight excluding hydrogens is 398 g/mol. The highest BCUT2D eigenvalue weighted by molar-refractivity contribution is 7.88. The number of nitrogens with zero attached hydrogens (tertiary/aromatic N) is 1. The summed E-state index contributed by atoms with van der Waals surface area (Å²) in [6, 6.07) is 22.2. The molecule has 0 saturated carbocycles.